The number of aliphatic carboxylic acids is 1. The highest BCUT2D eigenvalue weighted by Crippen LogP contribution is 2.32. The Morgan fingerprint density at radius 1 is 1.71 bits per heavy atom. The zero-order valence-corrected chi connectivity index (χ0v) is 8.75. The first kappa shape index (κ1) is 11.4. The normalized spacial score (nSPS) is 11.7. The predicted molar refractivity (Wildman–Crippen MR) is 50.4 cm³/mol. The van der Waals surface area contributed by atoms with Gasteiger partial charge in [-0.05, 0) is 17.9 Å². The highest BCUT2D eigenvalue weighted by atomic mass is 35.5. The smallest absolute Gasteiger partial charge is 0.374 e. The molecule has 0 fully saturated rings. The topological polar surface area (TPSA) is 37.3 Å². The summed E-state index contributed by atoms with van der Waals surface area (Å²) in [6.07, 6.45) is -0.848. The number of carboxylic acids is 1. The van der Waals surface area contributed by atoms with Crippen LogP contribution < -0.4 is 0 Å². The van der Waals surface area contributed by atoms with E-state index in [1.807, 2.05) is 0 Å². The van der Waals surface area contributed by atoms with Crippen LogP contribution in [0.15, 0.2) is 5.38 Å². The standard InChI is InChI=1S/C8H7ClF2O2S/c1-4-3-14-5(6(4)9)2-8(10,11)7(12)13/h3H,2H2,1H3,(H,12,13). The van der Waals surface area contributed by atoms with Crippen LogP contribution in [-0.4, -0.2) is 17.0 Å². The van der Waals surface area contributed by atoms with E-state index in [4.69, 9.17) is 16.7 Å². The Hall–Kier alpha value is -0.680. The molecule has 1 N–H and O–H groups in total. The minimum Gasteiger partial charge on any atom is -0.477 e. The highest BCUT2D eigenvalue weighted by molar-refractivity contribution is 7.10. The molecule has 1 aromatic heterocycles. The first-order chi connectivity index (χ1) is 6.34. The maximum atomic E-state index is 12.8. The molecule has 0 atom stereocenters. The molecule has 6 heteroatoms. The fourth-order valence-corrected chi connectivity index (χ4v) is 2.17. The molecule has 0 aliphatic carbocycles. The molecular weight excluding hydrogens is 234 g/mol. The van der Waals surface area contributed by atoms with Crippen LogP contribution >= 0.6 is 22.9 Å². The Kier molecular flexibility index (Phi) is 3.11. The Morgan fingerprint density at radius 3 is 2.64 bits per heavy atom. The number of thiophene rings is 1. The van der Waals surface area contributed by atoms with Crippen LogP contribution in [0.3, 0.4) is 0 Å². The van der Waals surface area contributed by atoms with Gasteiger partial charge in [-0.15, -0.1) is 11.3 Å². The zero-order chi connectivity index (χ0) is 10.9. The summed E-state index contributed by atoms with van der Waals surface area (Å²) < 4.78 is 25.5. The van der Waals surface area contributed by atoms with Gasteiger partial charge in [0.15, 0.2) is 0 Å². The van der Waals surface area contributed by atoms with E-state index >= 15 is 0 Å². The number of aryl methyl sites for hydroxylation is 1. The minimum absolute atomic E-state index is 0.205. The summed E-state index contributed by atoms with van der Waals surface area (Å²) in [7, 11) is 0. The summed E-state index contributed by atoms with van der Waals surface area (Å²) in [5.41, 5.74) is 0.688. The second kappa shape index (κ2) is 3.82. The van der Waals surface area contributed by atoms with Crippen LogP contribution in [0.1, 0.15) is 10.4 Å². The Balaban J connectivity index is 2.89. The van der Waals surface area contributed by atoms with Gasteiger partial charge in [0.05, 0.1) is 11.4 Å². The number of carbonyl (C=O) groups is 1. The van der Waals surface area contributed by atoms with Gasteiger partial charge in [-0.3, -0.25) is 0 Å². The Labute approximate surface area is 88.1 Å². The van der Waals surface area contributed by atoms with Gasteiger partial charge in [0.25, 0.3) is 0 Å². The molecule has 1 rings (SSSR count). The van der Waals surface area contributed by atoms with Crippen LogP contribution in [-0.2, 0) is 11.2 Å². The lowest BCUT2D eigenvalue weighted by atomic mass is 10.2. The molecule has 0 bridgehead atoms. The SMILES string of the molecule is Cc1csc(CC(F)(F)C(=O)O)c1Cl. The molecule has 1 heterocycles. The van der Waals surface area contributed by atoms with E-state index in [1.54, 1.807) is 12.3 Å². The number of carboxylic acid groups (broad SMARTS) is 1. The van der Waals surface area contributed by atoms with Crippen molar-refractivity contribution in [2.24, 2.45) is 0 Å². The predicted octanol–water partition coefficient (Wildman–Crippen LogP) is 2.97. The van der Waals surface area contributed by atoms with Crippen molar-refractivity contribution in [2.75, 3.05) is 0 Å². The van der Waals surface area contributed by atoms with Crippen molar-refractivity contribution in [1.82, 2.24) is 0 Å². The van der Waals surface area contributed by atoms with Gasteiger partial charge >= 0.3 is 11.9 Å². The number of halogens is 3. The third-order valence-corrected chi connectivity index (χ3v) is 3.41. The van der Waals surface area contributed by atoms with E-state index in [0.29, 0.717) is 5.56 Å². The van der Waals surface area contributed by atoms with Crippen molar-refractivity contribution in [1.29, 1.82) is 0 Å². The van der Waals surface area contributed by atoms with Crippen LogP contribution in [0.25, 0.3) is 0 Å². The average Bonchev–Trinajstić information content (AvgIpc) is 2.35. The summed E-state index contributed by atoms with van der Waals surface area (Å²) >= 11 is 6.75. The first-order valence-corrected chi connectivity index (χ1v) is 4.94. The largest absolute Gasteiger partial charge is 0.477 e. The first-order valence-electron chi connectivity index (χ1n) is 3.68. The van der Waals surface area contributed by atoms with Gasteiger partial charge in [0, 0.05) is 4.88 Å². The number of alkyl halides is 2. The van der Waals surface area contributed by atoms with Gasteiger partial charge in [-0.2, -0.15) is 8.78 Å². The number of hydrogen-bond donors (Lipinski definition) is 1. The van der Waals surface area contributed by atoms with Crippen LogP contribution in [0.5, 0.6) is 0 Å². The van der Waals surface area contributed by atoms with Gasteiger partial charge in [-0.1, -0.05) is 11.6 Å². The Morgan fingerprint density at radius 2 is 2.29 bits per heavy atom. The van der Waals surface area contributed by atoms with E-state index in [0.717, 1.165) is 11.3 Å². The molecule has 0 aromatic carbocycles. The molecule has 14 heavy (non-hydrogen) atoms. The van der Waals surface area contributed by atoms with Crippen LogP contribution in [0.4, 0.5) is 8.78 Å². The van der Waals surface area contributed by atoms with Crippen molar-refractivity contribution >= 4 is 28.9 Å². The molecule has 78 valence electrons. The van der Waals surface area contributed by atoms with Crippen molar-refractivity contribution in [3.63, 3.8) is 0 Å². The monoisotopic (exact) mass is 240 g/mol. The lowest BCUT2D eigenvalue weighted by Crippen LogP contribution is -2.30. The molecule has 0 aliphatic rings. The van der Waals surface area contributed by atoms with Gasteiger partial charge < -0.3 is 5.11 Å². The number of rotatable bonds is 3. The second-order valence-corrected chi connectivity index (χ2v) is 4.18. The summed E-state index contributed by atoms with van der Waals surface area (Å²) in [6.45, 7) is 1.68. The average molecular weight is 241 g/mol. The van der Waals surface area contributed by atoms with E-state index < -0.39 is 18.3 Å². The molecule has 0 unspecified atom stereocenters. The number of hydrogen-bond acceptors (Lipinski definition) is 2. The second-order valence-electron chi connectivity index (χ2n) is 2.84. The molecule has 2 nitrogen and oxygen atoms in total. The molecule has 0 saturated carbocycles. The van der Waals surface area contributed by atoms with Crippen molar-refractivity contribution in [3.8, 4) is 0 Å². The van der Waals surface area contributed by atoms with Crippen molar-refractivity contribution in [2.45, 2.75) is 19.3 Å². The minimum atomic E-state index is -3.75. The lowest BCUT2D eigenvalue weighted by molar-refractivity contribution is -0.164. The van der Waals surface area contributed by atoms with E-state index in [2.05, 4.69) is 0 Å². The fourth-order valence-electron chi connectivity index (χ4n) is 0.879. The van der Waals surface area contributed by atoms with Crippen molar-refractivity contribution in [3.05, 3.63) is 20.8 Å². The maximum Gasteiger partial charge on any atom is 0.374 e. The summed E-state index contributed by atoms with van der Waals surface area (Å²) in [5.74, 6) is -5.87. The molecule has 0 saturated heterocycles. The third kappa shape index (κ3) is 2.22. The van der Waals surface area contributed by atoms with Crippen LogP contribution in [0, 0.1) is 6.92 Å². The van der Waals surface area contributed by atoms with Gasteiger partial charge in [0.2, 0.25) is 0 Å². The van der Waals surface area contributed by atoms with Gasteiger partial charge in [-0.25, -0.2) is 4.79 Å². The van der Waals surface area contributed by atoms with E-state index in [1.165, 1.54) is 0 Å². The lowest BCUT2D eigenvalue weighted by Gasteiger charge is -2.09. The molecule has 0 aliphatic heterocycles. The quantitative estimate of drug-likeness (QED) is 0.882. The highest BCUT2D eigenvalue weighted by Gasteiger charge is 2.39. The fraction of sp³-hybridized carbons (Fsp3) is 0.375. The zero-order valence-electron chi connectivity index (χ0n) is 7.18. The Bertz CT molecular complexity index is 362. The van der Waals surface area contributed by atoms with Crippen molar-refractivity contribution < 1.29 is 18.7 Å². The summed E-state index contributed by atoms with van der Waals surface area (Å²) in [5, 5.41) is 10.1. The molecule has 0 amide bonds. The maximum absolute atomic E-state index is 12.8. The van der Waals surface area contributed by atoms with E-state index in [9.17, 15) is 13.6 Å². The molecular formula is C8H7ClF2O2S. The molecule has 0 radical (unpaired) electrons. The molecule has 0 spiro atoms. The van der Waals surface area contributed by atoms with Crippen LogP contribution in [0.2, 0.25) is 5.02 Å². The van der Waals surface area contributed by atoms with Gasteiger partial charge in [0.1, 0.15) is 0 Å². The van der Waals surface area contributed by atoms with E-state index in [-0.39, 0.29) is 9.90 Å². The summed E-state index contributed by atoms with van der Waals surface area (Å²) in [4.78, 5) is 10.4. The molecule has 1 aromatic rings. The summed E-state index contributed by atoms with van der Waals surface area (Å²) in [6, 6.07) is 0. The third-order valence-electron chi connectivity index (χ3n) is 1.66.